The number of hydrogen-bond donors (Lipinski definition) is 1. The third kappa shape index (κ3) is 2.32. The summed E-state index contributed by atoms with van der Waals surface area (Å²) >= 11 is 0. The largest absolute Gasteiger partial charge is 0.445 e. The molecular weight excluding hydrogens is 168 g/mol. The van der Waals surface area contributed by atoms with Crippen molar-refractivity contribution in [3.8, 4) is 0 Å². The Balaban J connectivity index is 2.67. The molecular formula is C9H14N2O2. The van der Waals surface area contributed by atoms with E-state index in [1.807, 2.05) is 13.0 Å². The third-order valence-electron chi connectivity index (χ3n) is 1.76. The molecule has 0 aliphatic carbocycles. The normalized spacial score (nSPS) is 10.1. The van der Waals surface area contributed by atoms with E-state index in [1.54, 1.807) is 20.2 Å². The number of carbonyl (C=O) groups is 1. The van der Waals surface area contributed by atoms with Gasteiger partial charge in [0.15, 0.2) is 0 Å². The Morgan fingerprint density at radius 1 is 1.62 bits per heavy atom. The topological polar surface area (TPSA) is 45.5 Å². The van der Waals surface area contributed by atoms with Crippen LogP contribution in [0.5, 0.6) is 0 Å². The fraction of sp³-hybridized carbons (Fsp3) is 0.444. The number of nitrogens with zero attached hydrogens (tertiary/aromatic N) is 1. The van der Waals surface area contributed by atoms with Crippen molar-refractivity contribution >= 4 is 11.8 Å². The molecule has 0 spiro atoms. The summed E-state index contributed by atoms with van der Waals surface area (Å²) in [6, 6.07) is 3.61. The van der Waals surface area contributed by atoms with Gasteiger partial charge in [-0.2, -0.15) is 0 Å². The van der Waals surface area contributed by atoms with Crippen molar-refractivity contribution < 1.29 is 9.21 Å². The zero-order valence-corrected chi connectivity index (χ0v) is 8.13. The van der Waals surface area contributed by atoms with Crippen LogP contribution in [-0.4, -0.2) is 26.5 Å². The summed E-state index contributed by atoms with van der Waals surface area (Å²) in [6.45, 7) is 2.16. The van der Waals surface area contributed by atoms with Gasteiger partial charge in [-0.05, 0) is 20.0 Å². The zero-order chi connectivity index (χ0) is 9.84. The number of likely N-dealkylation sites (N-methyl/N-ethyl adjacent to an activating group) is 2. The molecule has 13 heavy (non-hydrogen) atoms. The van der Waals surface area contributed by atoms with Gasteiger partial charge in [0.2, 0.25) is 11.8 Å². The van der Waals surface area contributed by atoms with Gasteiger partial charge in [-0.1, -0.05) is 0 Å². The van der Waals surface area contributed by atoms with Gasteiger partial charge in [-0.25, -0.2) is 0 Å². The molecule has 0 saturated heterocycles. The summed E-state index contributed by atoms with van der Waals surface area (Å²) in [6.07, 6.45) is 0. The van der Waals surface area contributed by atoms with Gasteiger partial charge in [-0.3, -0.25) is 9.69 Å². The molecule has 1 rings (SSSR count). The molecule has 4 heteroatoms. The summed E-state index contributed by atoms with van der Waals surface area (Å²) in [7, 11) is 3.43. The van der Waals surface area contributed by atoms with Crippen molar-refractivity contribution in [2.45, 2.75) is 6.92 Å². The van der Waals surface area contributed by atoms with Crippen LogP contribution >= 0.6 is 0 Å². The predicted molar refractivity (Wildman–Crippen MR) is 50.8 cm³/mol. The van der Waals surface area contributed by atoms with Crippen LogP contribution in [0.2, 0.25) is 0 Å². The fourth-order valence-corrected chi connectivity index (χ4v) is 0.995. The van der Waals surface area contributed by atoms with Crippen molar-refractivity contribution in [2.24, 2.45) is 0 Å². The van der Waals surface area contributed by atoms with E-state index < -0.39 is 0 Å². The van der Waals surface area contributed by atoms with E-state index in [1.165, 1.54) is 4.90 Å². The molecule has 1 aromatic rings. The number of nitrogens with one attached hydrogen (secondary N) is 1. The lowest BCUT2D eigenvalue weighted by atomic mass is 10.4. The molecule has 0 saturated carbocycles. The molecule has 1 amide bonds. The van der Waals surface area contributed by atoms with Crippen molar-refractivity contribution in [2.75, 3.05) is 25.5 Å². The zero-order valence-electron chi connectivity index (χ0n) is 8.13. The average Bonchev–Trinajstić information content (AvgIpc) is 2.51. The summed E-state index contributed by atoms with van der Waals surface area (Å²) in [4.78, 5) is 12.8. The van der Waals surface area contributed by atoms with Crippen LogP contribution in [0.15, 0.2) is 16.5 Å². The lowest BCUT2D eigenvalue weighted by Gasteiger charge is -2.13. The molecule has 1 aromatic heterocycles. The highest BCUT2D eigenvalue weighted by atomic mass is 16.4. The maximum atomic E-state index is 11.4. The van der Waals surface area contributed by atoms with Crippen LogP contribution in [0, 0.1) is 6.92 Å². The number of carbonyl (C=O) groups excluding carboxylic acids is 1. The first-order chi connectivity index (χ1) is 6.15. The Morgan fingerprint density at radius 2 is 2.31 bits per heavy atom. The van der Waals surface area contributed by atoms with E-state index in [0.717, 1.165) is 5.76 Å². The van der Waals surface area contributed by atoms with Crippen LogP contribution < -0.4 is 10.2 Å². The minimum absolute atomic E-state index is 0.0168. The molecule has 0 aromatic carbocycles. The predicted octanol–water partition coefficient (Wildman–Crippen LogP) is 0.770. The van der Waals surface area contributed by atoms with Gasteiger partial charge < -0.3 is 9.73 Å². The van der Waals surface area contributed by atoms with Crippen LogP contribution in [0.25, 0.3) is 0 Å². The number of anilines is 1. The second kappa shape index (κ2) is 4.09. The van der Waals surface area contributed by atoms with Gasteiger partial charge in [0.25, 0.3) is 0 Å². The van der Waals surface area contributed by atoms with Gasteiger partial charge in [0.1, 0.15) is 5.76 Å². The first kappa shape index (κ1) is 9.80. The van der Waals surface area contributed by atoms with Crippen molar-refractivity contribution in [1.82, 2.24) is 5.32 Å². The van der Waals surface area contributed by atoms with E-state index >= 15 is 0 Å². The maximum Gasteiger partial charge on any atom is 0.242 e. The quantitative estimate of drug-likeness (QED) is 0.751. The minimum atomic E-state index is -0.0168. The number of amides is 1. The van der Waals surface area contributed by atoms with E-state index in [4.69, 9.17) is 4.42 Å². The second-order valence-corrected chi connectivity index (χ2v) is 2.87. The number of rotatable bonds is 3. The molecule has 0 aliphatic heterocycles. The summed E-state index contributed by atoms with van der Waals surface area (Å²) < 4.78 is 5.29. The Morgan fingerprint density at radius 3 is 2.77 bits per heavy atom. The highest BCUT2D eigenvalue weighted by molar-refractivity contribution is 5.92. The molecule has 72 valence electrons. The average molecular weight is 182 g/mol. The molecule has 0 radical (unpaired) electrons. The fourth-order valence-electron chi connectivity index (χ4n) is 0.995. The SMILES string of the molecule is CNCC(=O)N(C)c1ccc(C)o1. The minimum Gasteiger partial charge on any atom is -0.445 e. The lowest BCUT2D eigenvalue weighted by Crippen LogP contribution is -2.33. The second-order valence-electron chi connectivity index (χ2n) is 2.87. The smallest absolute Gasteiger partial charge is 0.242 e. The molecule has 0 fully saturated rings. The first-order valence-electron chi connectivity index (χ1n) is 4.12. The van der Waals surface area contributed by atoms with Crippen LogP contribution in [0.4, 0.5) is 5.88 Å². The summed E-state index contributed by atoms with van der Waals surface area (Å²) in [5, 5.41) is 2.79. The van der Waals surface area contributed by atoms with Gasteiger partial charge in [-0.15, -0.1) is 0 Å². The molecule has 1 heterocycles. The molecule has 4 nitrogen and oxygen atoms in total. The highest BCUT2D eigenvalue weighted by Gasteiger charge is 2.12. The van der Waals surface area contributed by atoms with Gasteiger partial charge in [0, 0.05) is 13.1 Å². The van der Waals surface area contributed by atoms with E-state index in [9.17, 15) is 4.79 Å². The van der Waals surface area contributed by atoms with Crippen molar-refractivity contribution in [3.63, 3.8) is 0 Å². The Labute approximate surface area is 77.5 Å². The summed E-state index contributed by atoms with van der Waals surface area (Å²) in [5.74, 6) is 1.37. The Kier molecular flexibility index (Phi) is 3.08. The van der Waals surface area contributed by atoms with E-state index in [0.29, 0.717) is 12.4 Å². The number of hydrogen-bond acceptors (Lipinski definition) is 3. The first-order valence-corrected chi connectivity index (χ1v) is 4.12. The summed E-state index contributed by atoms with van der Waals surface area (Å²) in [5.41, 5.74) is 0. The standard InChI is InChI=1S/C9H14N2O2/c1-7-4-5-9(13-7)11(3)8(12)6-10-2/h4-5,10H,6H2,1-3H3. The van der Waals surface area contributed by atoms with Crippen molar-refractivity contribution in [1.29, 1.82) is 0 Å². The van der Waals surface area contributed by atoms with Crippen LogP contribution in [-0.2, 0) is 4.79 Å². The van der Waals surface area contributed by atoms with Crippen LogP contribution in [0.1, 0.15) is 5.76 Å². The van der Waals surface area contributed by atoms with Crippen molar-refractivity contribution in [3.05, 3.63) is 17.9 Å². The molecule has 1 N–H and O–H groups in total. The van der Waals surface area contributed by atoms with E-state index in [2.05, 4.69) is 5.32 Å². The molecule has 0 aliphatic rings. The van der Waals surface area contributed by atoms with Crippen LogP contribution in [0.3, 0.4) is 0 Å². The molecule has 0 atom stereocenters. The Hall–Kier alpha value is -1.29. The third-order valence-corrected chi connectivity index (χ3v) is 1.76. The van der Waals surface area contributed by atoms with Gasteiger partial charge >= 0.3 is 0 Å². The number of aryl methyl sites for hydroxylation is 1. The molecule has 0 bridgehead atoms. The monoisotopic (exact) mass is 182 g/mol. The van der Waals surface area contributed by atoms with Gasteiger partial charge in [0.05, 0.1) is 6.54 Å². The maximum absolute atomic E-state index is 11.4. The Bertz CT molecular complexity index is 294. The lowest BCUT2D eigenvalue weighted by molar-refractivity contribution is -0.117. The van der Waals surface area contributed by atoms with E-state index in [-0.39, 0.29) is 5.91 Å². The highest BCUT2D eigenvalue weighted by Crippen LogP contribution is 2.15. The molecule has 0 unspecified atom stereocenters. The number of furan rings is 1.